The van der Waals surface area contributed by atoms with Crippen LogP contribution in [-0.2, 0) is 6.54 Å². The summed E-state index contributed by atoms with van der Waals surface area (Å²) in [6.45, 7) is 5.52. The summed E-state index contributed by atoms with van der Waals surface area (Å²) in [5.74, 6) is 0.0812. The first-order valence-corrected chi connectivity index (χ1v) is 10.6. The minimum atomic E-state index is -0.321. The summed E-state index contributed by atoms with van der Waals surface area (Å²) < 4.78 is 5.38. The lowest BCUT2D eigenvalue weighted by molar-refractivity contribution is 0.0631. The molecule has 1 aromatic heterocycles. The Morgan fingerprint density at radius 2 is 1.68 bits per heavy atom. The first-order valence-electron chi connectivity index (χ1n) is 10.6. The summed E-state index contributed by atoms with van der Waals surface area (Å²) in [4.78, 5) is 29.4. The number of aryl methyl sites for hydroxylation is 1. The van der Waals surface area contributed by atoms with Crippen LogP contribution in [0.25, 0.3) is 21.7 Å². The van der Waals surface area contributed by atoms with Crippen LogP contribution in [0.2, 0.25) is 0 Å². The molecule has 5 nitrogen and oxygen atoms in total. The Balaban J connectivity index is 1.31. The highest BCUT2D eigenvalue weighted by Crippen LogP contribution is 2.23. The predicted molar refractivity (Wildman–Crippen MR) is 122 cm³/mol. The van der Waals surface area contributed by atoms with Gasteiger partial charge in [-0.15, -0.1) is 0 Å². The highest BCUT2D eigenvalue weighted by molar-refractivity contribution is 6.07. The number of piperazine rings is 1. The maximum Gasteiger partial charge on any atom is 0.336 e. The van der Waals surface area contributed by atoms with E-state index >= 15 is 0 Å². The third-order valence-corrected chi connectivity index (χ3v) is 6.06. The third kappa shape index (κ3) is 3.84. The van der Waals surface area contributed by atoms with Gasteiger partial charge in [-0.1, -0.05) is 48.5 Å². The van der Waals surface area contributed by atoms with Gasteiger partial charge in [0.15, 0.2) is 0 Å². The number of amides is 1. The van der Waals surface area contributed by atoms with Crippen molar-refractivity contribution in [2.75, 3.05) is 26.2 Å². The van der Waals surface area contributed by atoms with E-state index in [0.717, 1.165) is 45.9 Å². The minimum Gasteiger partial charge on any atom is -0.423 e. The fourth-order valence-electron chi connectivity index (χ4n) is 4.40. The van der Waals surface area contributed by atoms with Gasteiger partial charge in [-0.2, -0.15) is 0 Å². The molecular weight excluding hydrogens is 388 g/mol. The summed E-state index contributed by atoms with van der Waals surface area (Å²) in [6, 6.07) is 21.4. The van der Waals surface area contributed by atoms with E-state index in [-0.39, 0.29) is 11.5 Å². The molecule has 0 N–H and O–H groups in total. The van der Waals surface area contributed by atoms with Gasteiger partial charge in [-0.3, -0.25) is 9.69 Å². The monoisotopic (exact) mass is 412 g/mol. The molecule has 1 fully saturated rings. The summed E-state index contributed by atoms with van der Waals surface area (Å²) in [5, 5.41) is 3.05. The van der Waals surface area contributed by atoms with Crippen LogP contribution in [-0.4, -0.2) is 41.9 Å². The lowest BCUT2D eigenvalue weighted by Crippen LogP contribution is -2.48. The fourth-order valence-corrected chi connectivity index (χ4v) is 4.40. The van der Waals surface area contributed by atoms with Gasteiger partial charge in [0.25, 0.3) is 5.91 Å². The Morgan fingerprint density at radius 3 is 2.52 bits per heavy atom. The van der Waals surface area contributed by atoms with Crippen molar-refractivity contribution < 1.29 is 9.21 Å². The third-order valence-electron chi connectivity index (χ3n) is 6.06. The van der Waals surface area contributed by atoms with Crippen molar-refractivity contribution >= 4 is 27.6 Å². The van der Waals surface area contributed by atoms with Gasteiger partial charge in [-0.25, -0.2) is 4.79 Å². The first-order chi connectivity index (χ1) is 15.1. The maximum atomic E-state index is 13.2. The zero-order valence-corrected chi connectivity index (χ0v) is 17.5. The number of rotatable bonds is 3. The number of carbonyl (C=O) groups excluding carboxylic acids is 1. The Bertz CT molecular complexity index is 1330. The average Bonchev–Trinajstić information content (AvgIpc) is 2.78. The second kappa shape index (κ2) is 8.00. The summed E-state index contributed by atoms with van der Waals surface area (Å²) in [5.41, 5.74) is 3.10. The van der Waals surface area contributed by atoms with Crippen molar-refractivity contribution in [1.29, 1.82) is 0 Å². The SMILES string of the molecule is Cc1ccc2c(CN3CCN(C(=O)c4cccc5ccccc45)CC3)cc(=O)oc2c1. The highest BCUT2D eigenvalue weighted by atomic mass is 16.4. The lowest BCUT2D eigenvalue weighted by Gasteiger charge is -2.35. The molecule has 0 radical (unpaired) electrons. The molecule has 1 aliphatic heterocycles. The van der Waals surface area contributed by atoms with Crippen molar-refractivity contribution in [3.05, 3.63) is 93.8 Å². The number of hydrogen-bond acceptors (Lipinski definition) is 4. The number of nitrogens with zero attached hydrogens (tertiary/aromatic N) is 2. The van der Waals surface area contributed by atoms with Crippen LogP contribution in [0.3, 0.4) is 0 Å². The van der Waals surface area contributed by atoms with E-state index in [1.165, 1.54) is 0 Å². The lowest BCUT2D eigenvalue weighted by atomic mass is 10.0. The molecule has 3 aromatic carbocycles. The minimum absolute atomic E-state index is 0.0812. The van der Waals surface area contributed by atoms with Gasteiger partial charge in [0.1, 0.15) is 5.58 Å². The molecule has 4 aromatic rings. The Hall–Kier alpha value is -3.44. The van der Waals surface area contributed by atoms with Crippen LogP contribution in [0.4, 0.5) is 0 Å². The van der Waals surface area contributed by atoms with Gasteiger partial charge in [0.05, 0.1) is 0 Å². The molecule has 1 saturated heterocycles. The van der Waals surface area contributed by atoms with Gasteiger partial charge >= 0.3 is 5.63 Å². The molecule has 5 rings (SSSR count). The largest absolute Gasteiger partial charge is 0.423 e. The Kier molecular flexibility index (Phi) is 5.04. The molecule has 0 spiro atoms. The molecule has 0 aliphatic carbocycles. The molecule has 2 heterocycles. The summed E-state index contributed by atoms with van der Waals surface area (Å²) in [6.07, 6.45) is 0. The smallest absolute Gasteiger partial charge is 0.336 e. The molecular formula is C26H24N2O3. The van der Waals surface area contributed by atoms with Crippen LogP contribution in [0.5, 0.6) is 0 Å². The van der Waals surface area contributed by atoms with Crippen LogP contribution >= 0.6 is 0 Å². The first kappa shape index (κ1) is 19.5. The second-order valence-corrected chi connectivity index (χ2v) is 8.19. The van der Waals surface area contributed by atoms with Gasteiger partial charge in [-0.05, 0) is 41.0 Å². The standard InChI is InChI=1S/C26H24N2O3/c1-18-9-10-22-20(16-25(29)31-24(22)15-18)17-27-11-13-28(14-12-27)26(30)23-8-4-6-19-5-2-3-7-21(19)23/h2-10,15-16H,11-14,17H2,1H3. The highest BCUT2D eigenvalue weighted by Gasteiger charge is 2.24. The van der Waals surface area contributed by atoms with Crippen LogP contribution in [0, 0.1) is 6.92 Å². The molecule has 0 bridgehead atoms. The molecule has 31 heavy (non-hydrogen) atoms. The summed E-state index contributed by atoms with van der Waals surface area (Å²) >= 11 is 0. The van der Waals surface area contributed by atoms with E-state index in [0.29, 0.717) is 25.2 Å². The van der Waals surface area contributed by atoms with E-state index in [1.807, 2.05) is 72.5 Å². The molecule has 1 aliphatic rings. The van der Waals surface area contributed by atoms with E-state index < -0.39 is 0 Å². The zero-order valence-electron chi connectivity index (χ0n) is 17.5. The molecule has 1 amide bonds. The molecule has 0 saturated carbocycles. The molecule has 5 heteroatoms. The van der Waals surface area contributed by atoms with Crippen LogP contribution < -0.4 is 5.63 Å². The van der Waals surface area contributed by atoms with Crippen LogP contribution in [0.15, 0.2) is 75.9 Å². The van der Waals surface area contributed by atoms with Crippen molar-refractivity contribution in [3.8, 4) is 0 Å². The van der Waals surface area contributed by atoms with E-state index in [2.05, 4.69) is 4.90 Å². The van der Waals surface area contributed by atoms with Crippen molar-refractivity contribution in [2.24, 2.45) is 0 Å². The topological polar surface area (TPSA) is 53.8 Å². The number of fused-ring (bicyclic) bond motifs is 2. The Labute approximate surface area is 180 Å². The Morgan fingerprint density at radius 1 is 0.903 bits per heavy atom. The van der Waals surface area contributed by atoms with Gasteiger partial charge in [0, 0.05) is 49.7 Å². The molecule has 0 atom stereocenters. The van der Waals surface area contributed by atoms with E-state index in [9.17, 15) is 9.59 Å². The number of benzene rings is 3. The zero-order chi connectivity index (χ0) is 21.4. The number of carbonyl (C=O) groups is 1. The van der Waals surface area contributed by atoms with Gasteiger partial charge in [0.2, 0.25) is 0 Å². The molecule has 156 valence electrons. The fraction of sp³-hybridized carbons (Fsp3) is 0.231. The van der Waals surface area contributed by atoms with Crippen LogP contribution in [0.1, 0.15) is 21.5 Å². The number of hydrogen-bond donors (Lipinski definition) is 0. The van der Waals surface area contributed by atoms with Gasteiger partial charge < -0.3 is 9.32 Å². The maximum absolute atomic E-state index is 13.2. The quantitative estimate of drug-likeness (QED) is 0.473. The normalized spacial score (nSPS) is 14.9. The second-order valence-electron chi connectivity index (χ2n) is 8.19. The van der Waals surface area contributed by atoms with E-state index in [4.69, 9.17) is 4.42 Å². The predicted octanol–water partition coefficient (Wildman–Crippen LogP) is 4.21. The van der Waals surface area contributed by atoms with Crippen molar-refractivity contribution in [3.63, 3.8) is 0 Å². The molecule has 0 unspecified atom stereocenters. The average molecular weight is 412 g/mol. The van der Waals surface area contributed by atoms with Crippen molar-refractivity contribution in [2.45, 2.75) is 13.5 Å². The van der Waals surface area contributed by atoms with Crippen molar-refractivity contribution in [1.82, 2.24) is 9.80 Å². The summed E-state index contributed by atoms with van der Waals surface area (Å²) in [7, 11) is 0. The van der Waals surface area contributed by atoms with E-state index in [1.54, 1.807) is 6.07 Å².